The van der Waals surface area contributed by atoms with Gasteiger partial charge in [-0.05, 0) is 94.7 Å². The Morgan fingerprint density at radius 1 is 0.859 bits per heavy atom. The van der Waals surface area contributed by atoms with Gasteiger partial charge in [-0.2, -0.15) is 0 Å². The molecule has 4 saturated heterocycles. The fourth-order valence-electron chi connectivity index (χ4n) is 11.1. The van der Waals surface area contributed by atoms with Crippen LogP contribution in [-0.4, -0.2) is 195 Å². The van der Waals surface area contributed by atoms with Crippen LogP contribution in [-0.2, 0) is 68.6 Å². The Balaban J connectivity index is 1.63. The molecule has 4 heterocycles. The minimum absolute atomic E-state index is 0.0103. The van der Waals surface area contributed by atoms with Crippen LogP contribution in [0.15, 0.2) is 24.3 Å². The van der Waals surface area contributed by atoms with Crippen molar-refractivity contribution in [3.8, 4) is 5.75 Å². The van der Waals surface area contributed by atoms with Crippen LogP contribution >= 0.6 is 0 Å². The first-order valence-corrected chi connectivity index (χ1v) is 27.5. The molecular weight excluding hydrogens is 1010 g/mol. The lowest BCUT2D eigenvalue weighted by Crippen LogP contribution is -2.61. The van der Waals surface area contributed by atoms with Crippen molar-refractivity contribution in [1.29, 1.82) is 0 Å². The zero-order valence-electron chi connectivity index (χ0n) is 47.6. The van der Waals surface area contributed by atoms with Crippen LogP contribution in [0, 0.1) is 23.7 Å². The summed E-state index contributed by atoms with van der Waals surface area (Å²) in [4.78, 5) is 162. The van der Waals surface area contributed by atoms with Crippen molar-refractivity contribution in [3.63, 3.8) is 0 Å². The number of esters is 2. The number of aliphatic hydroxyl groups is 1. The fourth-order valence-corrected chi connectivity index (χ4v) is 11.1. The molecule has 22 heteroatoms. The monoisotopic (exact) mass is 1090 g/mol. The molecule has 0 aromatic heterocycles. The molecule has 1 aromatic rings. The molecule has 4 aliphatic rings. The number of rotatable bonds is 12. The van der Waals surface area contributed by atoms with Crippen LogP contribution in [0.1, 0.15) is 126 Å². The van der Waals surface area contributed by atoms with Gasteiger partial charge in [-0.1, -0.05) is 60.1 Å². The zero-order valence-corrected chi connectivity index (χ0v) is 47.6. The molecule has 4 aliphatic heterocycles. The molecule has 78 heavy (non-hydrogen) atoms. The van der Waals surface area contributed by atoms with E-state index < -0.39 is 156 Å². The number of ether oxygens (including phenoxy) is 3. The molecule has 1 unspecified atom stereocenters. The molecule has 1 aromatic carbocycles. The second kappa shape index (κ2) is 26.9. The molecule has 0 saturated carbocycles. The van der Waals surface area contributed by atoms with E-state index in [2.05, 4.69) is 10.6 Å². The number of carbonyl (C=O) groups excluding carboxylic acids is 11. The van der Waals surface area contributed by atoms with E-state index in [1.165, 1.54) is 59.6 Å². The standard InChI is InChI=1S/C56H83N7O15/c1-14-31(6)45-43(65)28-44(66)78-48(30(4)5)47(67)33(8)49(68)57-38(25-29(2)3)52(71)62-24-16-18-40(62)54(73)60(12)42(27-36-19-21-37(76-13)22-20-36)56(75)77-35(10)46(50(69)58-45)63-32(7)26-41(55(63)74)59(11)53(72)39-17-15-23-61(39)51(70)34(9)64/h19-22,29-33,35,38-43,45-46,48,65H,14-18,23-28H2,1-13H3,(H,57,68)(H,58,69)/t31-,32?,33-,35+,38-,39-,40-,41-,42-,43-,45+,46-,48-/m0/s1. The first kappa shape index (κ1) is 62.4. The van der Waals surface area contributed by atoms with Gasteiger partial charge >= 0.3 is 11.9 Å². The van der Waals surface area contributed by atoms with E-state index in [4.69, 9.17) is 14.2 Å². The van der Waals surface area contributed by atoms with Crippen LogP contribution in [0.5, 0.6) is 5.75 Å². The first-order valence-electron chi connectivity index (χ1n) is 27.5. The van der Waals surface area contributed by atoms with Crippen LogP contribution in [0.4, 0.5) is 0 Å². The number of hydrogen-bond acceptors (Lipinski definition) is 15. The van der Waals surface area contributed by atoms with Gasteiger partial charge < -0.3 is 54.5 Å². The Bertz CT molecular complexity index is 2410. The van der Waals surface area contributed by atoms with Crippen molar-refractivity contribution in [3.05, 3.63) is 29.8 Å². The summed E-state index contributed by atoms with van der Waals surface area (Å²) in [7, 11) is 4.30. The Kier molecular flexibility index (Phi) is 21.5. The lowest BCUT2D eigenvalue weighted by molar-refractivity contribution is -0.166. The van der Waals surface area contributed by atoms with Crippen molar-refractivity contribution < 1.29 is 72.1 Å². The highest BCUT2D eigenvalue weighted by Gasteiger charge is 2.52. The van der Waals surface area contributed by atoms with Gasteiger partial charge in [0.05, 0.1) is 31.6 Å². The summed E-state index contributed by atoms with van der Waals surface area (Å²) in [5, 5.41) is 17.5. The fraction of sp³-hybridized carbons (Fsp3) is 0.696. The van der Waals surface area contributed by atoms with E-state index in [9.17, 15) is 48.3 Å². The van der Waals surface area contributed by atoms with Gasteiger partial charge in [-0.25, -0.2) is 4.79 Å². The maximum atomic E-state index is 15.2. The number of fused-ring (bicyclic) bond motifs is 1. The third-order valence-electron chi connectivity index (χ3n) is 15.9. The molecule has 5 rings (SSSR count). The maximum Gasteiger partial charge on any atom is 0.329 e. The van der Waals surface area contributed by atoms with Crippen LogP contribution in [0.3, 0.4) is 0 Å². The van der Waals surface area contributed by atoms with E-state index in [1.807, 2.05) is 13.8 Å². The molecule has 3 N–H and O–H groups in total. The van der Waals surface area contributed by atoms with E-state index in [0.717, 1.165) is 6.92 Å². The number of aliphatic hydroxyl groups excluding tert-OH is 1. The Morgan fingerprint density at radius 3 is 2.09 bits per heavy atom. The van der Waals surface area contributed by atoms with E-state index in [0.29, 0.717) is 30.6 Å². The molecular formula is C56H83N7O15. The first-order chi connectivity index (χ1) is 36.6. The van der Waals surface area contributed by atoms with Crippen molar-refractivity contribution in [2.24, 2.45) is 23.7 Å². The number of likely N-dealkylation sites (tertiary alicyclic amines) is 2. The normalized spacial score (nSPS) is 30.0. The van der Waals surface area contributed by atoms with E-state index in [1.54, 1.807) is 58.9 Å². The van der Waals surface area contributed by atoms with Crippen LogP contribution in [0.2, 0.25) is 0 Å². The lowest BCUT2D eigenvalue weighted by Gasteiger charge is -2.38. The summed E-state index contributed by atoms with van der Waals surface area (Å²) in [5.74, 6) is -10.8. The van der Waals surface area contributed by atoms with Gasteiger partial charge in [0, 0.05) is 46.6 Å². The second-order valence-corrected chi connectivity index (χ2v) is 22.5. The largest absolute Gasteiger partial charge is 0.497 e. The molecule has 0 radical (unpaired) electrons. The van der Waals surface area contributed by atoms with Gasteiger partial charge in [0.1, 0.15) is 48.1 Å². The zero-order chi connectivity index (χ0) is 58.2. The van der Waals surface area contributed by atoms with Crippen LogP contribution < -0.4 is 15.4 Å². The lowest BCUT2D eigenvalue weighted by atomic mass is 9.91. The summed E-state index contributed by atoms with van der Waals surface area (Å²) >= 11 is 0. The highest BCUT2D eigenvalue weighted by molar-refractivity contribution is 6.35. The van der Waals surface area contributed by atoms with Gasteiger partial charge in [-0.3, -0.25) is 47.9 Å². The summed E-state index contributed by atoms with van der Waals surface area (Å²) in [6.45, 7) is 16.2. The summed E-state index contributed by atoms with van der Waals surface area (Å²) in [6, 6.07) is -2.82. The third-order valence-corrected chi connectivity index (χ3v) is 15.9. The Morgan fingerprint density at radius 2 is 1.50 bits per heavy atom. The average molecular weight is 1090 g/mol. The maximum absolute atomic E-state index is 15.2. The second-order valence-electron chi connectivity index (χ2n) is 22.5. The van der Waals surface area contributed by atoms with Crippen LogP contribution in [0.25, 0.3) is 0 Å². The number of likely N-dealkylation sites (N-methyl/N-ethyl adjacent to an activating group) is 2. The average Bonchev–Trinajstić information content (AvgIpc) is 4.16. The molecule has 0 spiro atoms. The van der Waals surface area contributed by atoms with Crippen molar-refractivity contribution in [2.45, 2.75) is 194 Å². The predicted octanol–water partition coefficient (Wildman–Crippen LogP) is 1.98. The third kappa shape index (κ3) is 14.2. The van der Waals surface area contributed by atoms with Gasteiger partial charge in [0.2, 0.25) is 41.2 Å². The van der Waals surface area contributed by atoms with E-state index in [-0.39, 0.29) is 51.1 Å². The number of amides is 7. The number of hydrogen-bond donors (Lipinski definition) is 3. The molecule has 0 aliphatic carbocycles. The van der Waals surface area contributed by atoms with Crippen molar-refractivity contribution in [2.75, 3.05) is 34.3 Å². The van der Waals surface area contributed by atoms with Crippen molar-refractivity contribution in [1.82, 2.24) is 35.1 Å². The number of nitrogens with zero attached hydrogens (tertiary/aromatic N) is 5. The van der Waals surface area contributed by atoms with Gasteiger partial charge in [0.25, 0.3) is 5.91 Å². The molecule has 0 bridgehead atoms. The molecule has 22 nitrogen and oxygen atoms in total. The summed E-state index contributed by atoms with van der Waals surface area (Å²) in [5.41, 5.74) is 0.577. The molecule has 7 amide bonds. The highest BCUT2D eigenvalue weighted by atomic mass is 16.6. The van der Waals surface area contributed by atoms with Crippen molar-refractivity contribution >= 4 is 64.9 Å². The quantitative estimate of drug-likeness (QED) is 0.153. The minimum atomic E-state index is -1.67. The SMILES string of the molecule is CC[C@H](C)[C@H]1NC(=O)[C@@H](N2C(=O)[C@@H](N(C)C(=O)[C@@H]3CCCN3C(=O)C(C)=O)CC2C)[C@@H](C)OC(=O)[C@H](Cc2ccc(OC)cc2)N(C)C(=O)[C@@H]2CCCN2C(=O)[C@H](CC(C)C)NC(=O)[C@@H](C)C(=O)[C@H](C(C)C)OC(=O)C[C@@H]1O. The summed E-state index contributed by atoms with van der Waals surface area (Å²) in [6.07, 6.45) is -3.67. The molecule has 432 valence electrons. The van der Waals surface area contributed by atoms with E-state index >= 15 is 9.59 Å². The molecule has 4 fully saturated rings. The summed E-state index contributed by atoms with van der Waals surface area (Å²) < 4.78 is 17.3. The topological polar surface area (TPSA) is 276 Å². The predicted molar refractivity (Wildman–Crippen MR) is 283 cm³/mol. The molecule has 13 atom stereocenters. The number of methoxy groups -OCH3 is 1. The number of Topliss-reactive ketones (excluding diaryl/α,β-unsaturated/α-hetero) is 2. The number of carbonyl (C=O) groups is 11. The van der Waals surface area contributed by atoms with Gasteiger partial charge in [-0.15, -0.1) is 0 Å². The number of ketones is 2. The number of nitrogens with one attached hydrogen (secondary N) is 2. The van der Waals surface area contributed by atoms with Gasteiger partial charge in [0.15, 0.2) is 11.9 Å². The highest BCUT2D eigenvalue weighted by Crippen LogP contribution is 2.32. The minimum Gasteiger partial charge on any atom is -0.497 e. The smallest absolute Gasteiger partial charge is 0.329 e. The number of cyclic esters (lactones) is 2. The number of benzene rings is 1. The Labute approximate surface area is 457 Å². The Hall–Kier alpha value is -6.45.